The first-order chi connectivity index (χ1) is 6.77. The van der Waals surface area contributed by atoms with Crippen LogP contribution in [0.1, 0.15) is 78.1 Å². The van der Waals surface area contributed by atoms with Crippen molar-refractivity contribution in [1.29, 1.82) is 0 Å². The molecular formula is C13H28O. The van der Waals surface area contributed by atoms with Gasteiger partial charge in [0, 0.05) is 0 Å². The topological polar surface area (TPSA) is 20.2 Å². The summed E-state index contributed by atoms with van der Waals surface area (Å²) >= 11 is 0. The Balaban J connectivity index is 2.85. The molecule has 14 heavy (non-hydrogen) atoms. The van der Waals surface area contributed by atoms with E-state index in [2.05, 4.69) is 6.92 Å². The molecule has 1 heteroatoms. The second kappa shape index (κ2) is 11.0. The Labute approximate surface area is 89.9 Å². The molecule has 0 rings (SSSR count). The zero-order chi connectivity index (χ0) is 10.6. The van der Waals surface area contributed by atoms with E-state index in [9.17, 15) is 0 Å². The quantitative estimate of drug-likeness (QED) is 0.522. The van der Waals surface area contributed by atoms with Crippen LogP contribution < -0.4 is 0 Å². The summed E-state index contributed by atoms with van der Waals surface area (Å²) in [5.74, 6) is 0. The Kier molecular flexibility index (Phi) is 11.0. The molecular weight excluding hydrogens is 172 g/mol. The first kappa shape index (κ1) is 14.0. The summed E-state index contributed by atoms with van der Waals surface area (Å²) in [6, 6.07) is 0. The second-order valence-electron chi connectivity index (χ2n) is 4.47. The number of rotatable bonds is 10. The van der Waals surface area contributed by atoms with Gasteiger partial charge in [-0.05, 0) is 13.3 Å². The monoisotopic (exact) mass is 200 g/mol. The normalized spacial score (nSPS) is 13.1. The van der Waals surface area contributed by atoms with Crippen molar-refractivity contribution in [3.8, 4) is 0 Å². The van der Waals surface area contributed by atoms with Gasteiger partial charge in [-0.15, -0.1) is 0 Å². The molecule has 0 aromatic heterocycles. The van der Waals surface area contributed by atoms with Crippen LogP contribution in [0.2, 0.25) is 0 Å². The molecule has 86 valence electrons. The van der Waals surface area contributed by atoms with Crippen molar-refractivity contribution in [3.05, 3.63) is 0 Å². The molecule has 0 unspecified atom stereocenters. The molecule has 0 spiro atoms. The highest BCUT2D eigenvalue weighted by atomic mass is 16.3. The average Bonchev–Trinajstić information content (AvgIpc) is 2.15. The zero-order valence-electron chi connectivity index (χ0n) is 10.1. The molecule has 1 nitrogen and oxygen atoms in total. The van der Waals surface area contributed by atoms with Crippen LogP contribution in [0.15, 0.2) is 0 Å². The molecule has 0 fully saturated rings. The average molecular weight is 200 g/mol. The van der Waals surface area contributed by atoms with Crippen molar-refractivity contribution < 1.29 is 5.11 Å². The second-order valence-corrected chi connectivity index (χ2v) is 4.47. The summed E-state index contributed by atoms with van der Waals surface area (Å²) in [6.45, 7) is 4.14. The lowest BCUT2D eigenvalue weighted by Gasteiger charge is -2.03. The molecule has 0 aliphatic carbocycles. The summed E-state index contributed by atoms with van der Waals surface area (Å²) in [4.78, 5) is 0. The van der Waals surface area contributed by atoms with E-state index in [0.717, 1.165) is 6.42 Å². The smallest absolute Gasteiger partial charge is 0.0512 e. The minimum atomic E-state index is -0.0976. The summed E-state index contributed by atoms with van der Waals surface area (Å²) in [7, 11) is 0. The first-order valence-corrected chi connectivity index (χ1v) is 6.45. The van der Waals surface area contributed by atoms with Gasteiger partial charge in [-0.25, -0.2) is 0 Å². The lowest BCUT2D eigenvalue weighted by molar-refractivity contribution is 0.180. The van der Waals surface area contributed by atoms with Gasteiger partial charge in [-0.1, -0.05) is 64.7 Å². The molecule has 1 atom stereocenters. The Morgan fingerprint density at radius 2 is 1.21 bits per heavy atom. The van der Waals surface area contributed by atoms with Crippen LogP contribution in [0.3, 0.4) is 0 Å². The van der Waals surface area contributed by atoms with Gasteiger partial charge in [0.2, 0.25) is 0 Å². The third kappa shape index (κ3) is 12.0. The number of hydrogen-bond donors (Lipinski definition) is 1. The number of aliphatic hydroxyl groups excluding tert-OH is 1. The van der Waals surface area contributed by atoms with Gasteiger partial charge < -0.3 is 5.11 Å². The van der Waals surface area contributed by atoms with Gasteiger partial charge in [0.1, 0.15) is 0 Å². The van der Waals surface area contributed by atoms with E-state index in [-0.39, 0.29) is 6.10 Å². The molecule has 0 aliphatic rings. The van der Waals surface area contributed by atoms with E-state index in [1.807, 2.05) is 6.92 Å². The summed E-state index contributed by atoms with van der Waals surface area (Å²) in [5.41, 5.74) is 0. The molecule has 0 amide bonds. The van der Waals surface area contributed by atoms with E-state index >= 15 is 0 Å². The Bertz CT molecular complexity index is 99.4. The zero-order valence-corrected chi connectivity index (χ0v) is 10.1. The number of hydrogen-bond acceptors (Lipinski definition) is 1. The summed E-state index contributed by atoms with van der Waals surface area (Å²) in [5, 5.41) is 9.05. The maximum absolute atomic E-state index is 9.05. The van der Waals surface area contributed by atoms with Crippen LogP contribution in [-0.2, 0) is 0 Å². The predicted octanol–water partition coefficient (Wildman–Crippen LogP) is 4.29. The first-order valence-electron chi connectivity index (χ1n) is 6.45. The van der Waals surface area contributed by atoms with Crippen molar-refractivity contribution >= 4 is 0 Å². The van der Waals surface area contributed by atoms with Crippen molar-refractivity contribution in [2.75, 3.05) is 0 Å². The summed E-state index contributed by atoms with van der Waals surface area (Å²) < 4.78 is 0. The molecule has 0 bridgehead atoms. The summed E-state index contributed by atoms with van der Waals surface area (Å²) in [6.07, 6.45) is 13.1. The van der Waals surface area contributed by atoms with E-state index in [1.54, 1.807) is 0 Å². The lowest BCUT2D eigenvalue weighted by Crippen LogP contribution is -1.98. The number of aliphatic hydroxyl groups is 1. The SMILES string of the molecule is CCCCCCCCCCC[C@H](C)O. The molecule has 0 saturated heterocycles. The third-order valence-electron chi connectivity index (χ3n) is 2.73. The van der Waals surface area contributed by atoms with Crippen molar-refractivity contribution in [2.45, 2.75) is 84.2 Å². The van der Waals surface area contributed by atoms with E-state index < -0.39 is 0 Å². The molecule has 0 aromatic carbocycles. The van der Waals surface area contributed by atoms with Crippen LogP contribution in [0.4, 0.5) is 0 Å². The minimum Gasteiger partial charge on any atom is -0.393 e. The minimum absolute atomic E-state index is 0.0976. The molecule has 0 aliphatic heterocycles. The van der Waals surface area contributed by atoms with Gasteiger partial charge >= 0.3 is 0 Å². The van der Waals surface area contributed by atoms with Gasteiger partial charge in [0.15, 0.2) is 0 Å². The third-order valence-corrected chi connectivity index (χ3v) is 2.73. The van der Waals surface area contributed by atoms with Crippen LogP contribution in [0.5, 0.6) is 0 Å². The maximum Gasteiger partial charge on any atom is 0.0512 e. The molecule has 0 aromatic rings. The van der Waals surface area contributed by atoms with Gasteiger partial charge in [0.25, 0.3) is 0 Å². The largest absolute Gasteiger partial charge is 0.393 e. The van der Waals surface area contributed by atoms with Crippen LogP contribution >= 0.6 is 0 Å². The molecule has 0 heterocycles. The fourth-order valence-corrected chi connectivity index (χ4v) is 1.75. The van der Waals surface area contributed by atoms with Crippen molar-refractivity contribution in [3.63, 3.8) is 0 Å². The van der Waals surface area contributed by atoms with Gasteiger partial charge in [-0.3, -0.25) is 0 Å². The Morgan fingerprint density at radius 1 is 0.786 bits per heavy atom. The van der Waals surface area contributed by atoms with E-state index in [0.29, 0.717) is 0 Å². The van der Waals surface area contributed by atoms with Crippen molar-refractivity contribution in [2.24, 2.45) is 0 Å². The highest BCUT2D eigenvalue weighted by Crippen LogP contribution is 2.10. The van der Waals surface area contributed by atoms with E-state index in [1.165, 1.54) is 57.8 Å². The van der Waals surface area contributed by atoms with Crippen LogP contribution in [-0.4, -0.2) is 11.2 Å². The Morgan fingerprint density at radius 3 is 1.64 bits per heavy atom. The highest BCUT2D eigenvalue weighted by Gasteiger charge is 1.95. The van der Waals surface area contributed by atoms with Crippen LogP contribution in [0.25, 0.3) is 0 Å². The fraction of sp³-hybridized carbons (Fsp3) is 1.00. The molecule has 1 N–H and O–H groups in total. The highest BCUT2D eigenvalue weighted by molar-refractivity contribution is 4.50. The standard InChI is InChI=1S/C13H28O/c1-3-4-5-6-7-8-9-10-11-12-13(2)14/h13-14H,3-12H2,1-2H3/t13-/m0/s1. The predicted molar refractivity (Wildman–Crippen MR) is 63.5 cm³/mol. The fourth-order valence-electron chi connectivity index (χ4n) is 1.75. The molecule has 0 saturated carbocycles. The van der Waals surface area contributed by atoms with Crippen LogP contribution in [0, 0.1) is 0 Å². The Hall–Kier alpha value is -0.0400. The van der Waals surface area contributed by atoms with Crippen molar-refractivity contribution in [1.82, 2.24) is 0 Å². The van der Waals surface area contributed by atoms with Gasteiger partial charge in [0.05, 0.1) is 6.10 Å². The van der Waals surface area contributed by atoms with E-state index in [4.69, 9.17) is 5.11 Å². The number of unbranched alkanes of at least 4 members (excludes halogenated alkanes) is 8. The maximum atomic E-state index is 9.05. The van der Waals surface area contributed by atoms with Gasteiger partial charge in [-0.2, -0.15) is 0 Å². The molecule has 0 radical (unpaired) electrons. The lowest BCUT2D eigenvalue weighted by atomic mass is 10.1.